The predicted octanol–water partition coefficient (Wildman–Crippen LogP) is 0.512. The number of amides is 4. The molecule has 0 spiro atoms. The van der Waals surface area contributed by atoms with Gasteiger partial charge in [0, 0.05) is 0 Å². The van der Waals surface area contributed by atoms with E-state index in [1.807, 2.05) is 34.9 Å². The van der Waals surface area contributed by atoms with E-state index in [1.54, 1.807) is 64.8 Å². The van der Waals surface area contributed by atoms with Crippen molar-refractivity contribution < 1.29 is 48.8 Å². The van der Waals surface area contributed by atoms with Crippen LogP contribution >= 0.6 is 0 Å². The predicted molar refractivity (Wildman–Crippen MR) is 159 cm³/mol. The highest BCUT2D eigenvalue weighted by molar-refractivity contribution is 6.23. The number of carbonyl (C=O) groups excluding carboxylic acids is 4. The fourth-order valence-electron chi connectivity index (χ4n) is 5.74. The summed E-state index contributed by atoms with van der Waals surface area (Å²) in [6, 6.07) is 16.2. The normalized spacial score (nSPS) is 18.3. The Morgan fingerprint density at radius 3 is 1.32 bits per heavy atom. The number of anilines is 2. The lowest BCUT2D eigenvalue weighted by Gasteiger charge is -2.18. The van der Waals surface area contributed by atoms with Crippen LogP contribution in [0.1, 0.15) is 24.0 Å². The summed E-state index contributed by atoms with van der Waals surface area (Å²) < 4.78 is 21.7. The first kappa shape index (κ1) is 30.5. The van der Waals surface area contributed by atoms with Crippen molar-refractivity contribution in [3.05, 3.63) is 71.8 Å². The molecule has 12 heteroatoms. The van der Waals surface area contributed by atoms with Gasteiger partial charge in [-0.15, -0.1) is 0 Å². The van der Waals surface area contributed by atoms with E-state index >= 15 is 0 Å². The number of ether oxygens (including phenoxy) is 4. The van der Waals surface area contributed by atoms with Crippen molar-refractivity contribution in [1.29, 1.82) is 0 Å². The third kappa shape index (κ3) is 5.81. The molecule has 4 N–H and O–H groups in total. The van der Waals surface area contributed by atoms with E-state index < -0.39 is 12.1 Å². The molecular formula is C32H36N4O8+2. The summed E-state index contributed by atoms with van der Waals surface area (Å²) in [7, 11) is 6.22. The molecule has 4 amide bonds. The quantitative estimate of drug-likeness (QED) is 0.285. The Kier molecular flexibility index (Phi) is 9.12. The fourth-order valence-corrected chi connectivity index (χ4v) is 5.74. The zero-order valence-corrected chi connectivity index (χ0v) is 25.1. The van der Waals surface area contributed by atoms with Gasteiger partial charge in [-0.1, -0.05) is 12.1 Å². The molecule has 2 fully saturated rings. The van der Waals surface area contributed by atoms with Gasteiger partial charge in [0.05, 0.1) is 63.8 Å². The highest BCUT2D eigenvalue weighted by Crippen LogP contribution is 2.32. The lowest BCUT2D eigenvalue weighted by atomic mass is 10.1. The SMILES string of the molecule is COc1cccc(C[NH2+][C@H]2CC(=O)N(c3ccc(N4C(=O)C[C@H]([NH2+]Cc5cccc(OC)c5OC)C4=O)cc3)C2=O)c1OC. The molecule has 2 heterocycles. The number of methoxy groups -OCH3 is 4. The zero-order valence-electron chi connectivity index (χ0n) is 25.1. The molecule has 0 saturated carbocycles. The highest BCUT2D eigenvalue weighted by atomic mass is 16.5. The van der Waals surface area contributed by atoms with E-state index in [0.717, 1.165) is 20.9 Å². The van der Waals surface area contributed by atoms with E-state index in [9.17, 15) is 19.2 Å². The standard InChI is InChI=1S/C32H34N4O8/c1-41-25-9-5-7-19(29(25)43-3)17-33-23-15-27(37)35(31(23)39)21-11-13-22(14-12-21)36-28(38)16-24(32(36)40)34-18-20-8-6-10-26(42-2)30(20)44-4/h5-14,23-24,33-34H,15-18H2,1-4H3/p+2/t23-,24-/m0/s1. The van der Waals surface area contributed by atoms with Gasteiger partial charge in [0.25, 0.3) is 11.8 Å². The Balaban J connectivity index is 1.23. The molecule has 2 atom stereocenters. The summed E-state index contributed by atoms with van der Waals surface area (Å²) in [5, 5.41) is 3.62. The largest absolute Gasteiger partial charge is 0.493 e. The Morgan fingerprint density at radius 2 is 0.977 bits per heavy atom. The van der Waals surface area contributed by atoms with Gasteiger partial charge in [0.2, 0.25) is 11.8 Å². The van der Waals surface area contributed by atoms with Gasteiger partial charge in [-0.05, 0) is 48.5 Å². The maximum Gasteiger partial charge on any atom is 0.292 e. The molecule has 230 valence electrons. The van der Waals surface area contributed by atoms with E-state index in [-0.39, 0.29) is 36.5 Å². The second kappa shape index (κ2) is 13.1. The first-order valence-corrected chi connectivity index (χ1v) is 14.2. The molecule has 2 aliphatic rings. The van der Waals surface area contributed by atoms with Crippen LogP contribution in [0.4, 0.5) is 11.4 Å². The fraction of sp³-hybridized carbons (Fsp3) is 0.312. The molecule has 44 heavy (non-hydrogen) atoms. The van der Waals surface area contributed by atoms with Crippen molar-refractivity contribution in [3.63, 3.8) is 0 Å². The van der Waals surface area contributed by atoms with Crippen molar-refractivity contribution in [1.82, 2.24) is 0 Å². The van der Waals surface area contributed by atoms with Crippen molar-refractivity contribution in [2.45, 2.75) is 38.0 Å². The third-order valence-corrected chi connectivity index (χ3v) is 7.94. The number of carbonyl (C=O) groups is 4. The molecule has 0 radical (unpaired) electrons. The lowest BCUT2D eigenvalue weighted by molar-refractivity contribution is -0.690. The Bertz CT molecular complexity index is 1460. The summed E-state index contributed by atoms with van der Waals surface area (Å²) in [5.74, 6) is 1.04. The van der Waals surface area contributed by atoms with E-state index in [4.69, 9.17) is 18.9 Å². The van der Waals surface area contributed by atoms with Crippen LogP contribution in [0.2, 0.25) is 0 Å². The number of benzene rings is 3. The van der Waals surface area contributed by atoms with Crippen molar-refractivity contribution in [2.75, 3.05) is 38.2 Å². The molecule has 12 nitrogen and oxygen atoms in total. The molecule has 3 aromatic carbocycles. The number of nitrogens with zero attached hydrogens (tertiary/aromatic N) is 2. The molecule has 0 bridgehead atoms. The van der Waals surface area contributed by atoms with Gasteiger partial charge < -0.3 is 29.6 Å². The molecule has 5 rings (SSSR count). The molecule has 3 aromatic rings. The van der Waals surface area contributed by atoms with Crippen molar-refractivity contribution in [3.8, 4) is 23.0 Å². The summed E-state index contributed by atoms with van der Waals surface area (Å²) in [6.45, 7) is 0.831. The van der Waals surface area contributed by atoms with Crippen LogP contribution in [0.3, 0.4) is 0 Å². The van der Waals surface area contributed by atoms with Crippen LogP contribution in [0.25, 0.3) is 0 Å². The Morgan fingerprint density at radius 1 is 0.591 bits per heavy atom. The number of rotatable bonds is 12. The monoisotopic (exact) mass is 604 g/mol. The maximum atomic E-state index is 13.3. The summed E-state index contributed by atoms with van der Waals surface area (Å²) in [4.78, 5) is 54.6. The number of para-hydroxylation sites is 2. The molecule has 2 saturated heterocycles. The highest BCUT2D eigenvalue weighted by Gasteiger charge is 2.44. The first-order chi connectivity index (χ1) is 21.3. The van der Waals surface area contributed by atoms with Crippen LogP contribution in [-0.2, 0) is 32.3 Å². The number of hydrogen-bond acceptors (Lipinski definition) is 8. The van der Waals surface area contributed by atoms with Gasteiger partial charge in [-0.3, -0.25) is 19.2 Å². The summed E-state index contributed by atoms with van der Waals surface area (Å²) in [5.41, 5.74) is 2.44. The van der Waals surface area contributed by atoms with Gasteiger partial charge in [-0.25, -0.2) is 9.80 Å². The topological polar surface area (TPSA) is 145 Å². The van der Waals surface area contributed by atoms with Crippen molar-refractivity contribution in [2.24, 2.45) is 0 Å². The van der Waals surface area contributed by atoms with Gasteiger partial charge in [0.1, 0.15) is 13.1 Å². The number of nitrogens with two attached hydrogens (primary N) is 2. The van der Waals surface area contributed by atoms with Crippen LogP contribution < -0.4 is 39.4 Å². The van der Waals surface area contributed by atoms with Gasteiger partial charge in [0.15, 0.2) is 35.1 Å². The van der Waals surface area contributed by atoms with E-state index in [0.29, 0.717) is 47.5 Å². The molecule has 0 aromatic heterocycles. The molecule has 0 aliphatic carbocycles. The molecular weight excluding hydrogens is 568 g/mol. The molecule has 2 aliphatic heterocycles. The smallest absolute Gasteiger partial charge is 0.292 e. The number of quaternary nitrogens is 2. The van der Waals surface area contributed by atoms with Crippen LogP contribution in [-0.4, -0.2) is 64.2 Å². The zero-order chi connectivity index (χ0) is 31.4. The lowest BCUT2D eigenvalue weighted by Crippen LogP contribution is -2.90. The van der Waals surface area contributed by atoms with Crippen LogP contribution in [0.5, 0.6) is 23.0 Å². The maximum absolute atomic E-state index is 13.3. The minimum Gasteiger partial charge on any atom is -0.493 e. The summed E-state index contributed by atoms with van der Waals surface area (Å²) in [6.07, 6.45) is 0.0944. The van der Waals surface area contributed by atoms with Crippen LogP contribution in [0.15, 0.2) is 60.7 Å². The number of hydrogen-bond donors (Lipinski definition) is 2. The second-order valence-electron chi connectivity index (χ2n) is 10.5. The van der Waals surface area contributed by atoms with E-state index in [2.05, 4.69) is 0 Å². The Hall–Kier alpha value is -4.94. The van der Waals surface area contributed by atoms with Crippen LogP contribution in [0, 0.1) is 0 Å². The second-order valence-corrected chi connectivity index (χ2v) is 10.5. The van der Waals surface area contributed by atoms with Gasteiger partial charge >= 0.3 is 0 Å². The summed E-state index contributed by atoms with van der Waals surface area (Å²) >= 11 is 0. The average molecular weight is 605 g/mol. The minimum absolute atomic E-state index is 0.0472. The first-order valence-electron chi connectivity index (χ1n) is 14.2. The minimum atomic E-state index is -0.598. The molecule has 0 unspecified atom stereocenters. The average Bonchev–Trinajstić information content (AvgIpc) is 3.49. The third-order valence-electron chi connectivity index (χ3n) is 7.94. The van der Waals surface area contributed by atoms with Crippen molar-refractivity contribution >= 4 is 35.0 Å². The number of imide groups is 2. The Labute approximate surface area is 254 Å². The van der Waals surface area contributed by atoms with E-state index in [1.165, 1.54) is 0 Å². The van der Waals surface area contributed by atoms with Gasteiger partial charge in [-0.2, -0.15) is 0 Å².